The number of halogens is 1. The van der Waals surface area contributed by atoms with Crippen molar-refractivity contribution in [3.05, 3.63) is 35.6 Å². The van der Waals surface area contributed by atoms with E-state index < -0.39 is 5.82 Å². The molecule has 1 aromatic carbocycles. The van der Waals surface area contributed by atoms with Crippen LogP contribution in [0.5, 0.6) is 0 Å². The summed E-state index contributed by atoms with van der Waals surface area (Å²) in [6.45, 7) is 2.53. The molecular weight excluding hydrogens is 323 g/mol. The number of benzene rings is 1. The molecule has 1 N–H and O–H groups in total. The minimum Gasteiger partial charge on any atom is -0.385 e. The van der Waals surface area contributed by atoms with Crippen molar-refractivity contribution in [3.63, 3.8) is 0 Å². The zero-order valence-electron chi connectivity index (χ0n) is 14.8. The second kappa shape index (κ2) is 10.1. The summed E-state index contributed by atoms with van der Waals surface area (Å²) in [4.78, 5) is 25.9. The maximum atomic E-state index is 13.7. The van der Waals surface area contributed by atoms with Crippen LogP contribution in [-0.2, 0) is 9.53 Å². The number of nitrogens with one attached hydrogen (secondary N) is 1. The number of likely N-dealkylation sites (tertiary alicyclic amines) is 1. The molecule has 1 aliphatic rings. The van der Waals surface area contributed by atoms with Crippen LogP contribution in [0.2, 0.25) is 0 Å². The highest BCUT2D eigenvalue weighted by molar-refractivity contribution is 5.94. The van der Waals surface area contributed by atoms with Crippen LogP contribution in [0.4, 0.5) is 4.39 Å². The van der Waals surface area contributed by atoms with Crippen LogP contribution >= 0.6 is 0 Å². The van der Waals surface area contributed by atoms with Gasteiger partial charge in [0.25, 0.3) is 5.91 Å². The van der Waals surface area contributed by atoms with Crippen LogP contribution in [0.15, 0.2) is 24.3 Å². The summed E-state index contributed by atoms with van der Waals surface area (Å²) in [5.41, 5.74) is 0.136. The molecule has 1 fully saturated rings. The zero-order chi connectivity index (χ0) is 18.1. The summed E-state index contributed by atoms with van der Waals surface area (Å²) in [6, 6.07) is 6.09. The molecule has 1 heterocycles. The first kappa shape index (κ1) is 19.4. The molecule has 1 saturated heterocycles. The Balaban J connectivity index is 1.68. The minimum atomic E-state index is -0.472. The molecule has 0 aliphatic carbocycles. The van der Waals surface area contributed by atoms with Crippen molar-refractivity contribution in [2.24, 2.45) is 5.92 Å². The fourth-order valence-corrected chi connectivity index (χ4v) is 3.10. The smallest absolute Gasteiger partial charge is 0.256 e. The Bertz CT molecular complexity index is 572. The van der Waals surface area contributed by atoms with Crippen LogP contribution in [0.3, 0.4) is 0 Å². The molecular formula is C19H27FN2O3. The molecule has 138 valence electrons. The number of amides is 2. The van der Waals surface area contributed by atoms with E-state index in [0.717, 1.165) is 25.7 Å². The zero-order valence-corrected chi connectivity index (χ0v) is 14.8. The maximum Gasteiger partial charge on any atom is 0.256 e. The number of nitrogens with zero attached hydrogens (tertiary/aromatic N) is 1. The molecule has 2 rings (SSSR count). The van der Waals surface area contributed by atoms with Gasteiger partial charge in [0.1, 0.15) is 5.82 Å². The van der Waals surface area contributed by atoms with Crippen LogP contribution in [0.25, 0.3) is 0 Å². The monoisotopic (exact) mass is 350 g/mol. The Kier molecular flexibility index (Phi) is 7.85. The minimum absolute atomic E-state index is 0.0703. The number of hydrogen-bond donors (Lipinski definition) is 1. The predicted octanol–water partition coefficient (Wildman–Crippen LogP) is 2.61. The number of carbonyl (C=O) groups is 2. The quantitative estimate of drug-likeness (QED) is 0.733. The molecule has 6 heteroatoms. The summed E-state index contributed by atoms with van der Waals surface area (Å²) in [7, 11) is 1.64. The van der Waals surface area contributed by atoms with Crippen molar-refractivity contribution in [2.75, 3.05) is 33.4 Å². The first-order valence-electron chi connectivity index (χ1n) is 8.91. The second-order valence-corrected chi connectivity index (χ2v) is 6.45. The standard InChI is InChI=1S/C19H27FN2O3/c1-25-14-4-11-21-18(23)8-7-15-9-12-22(13-10-15)19(24)16-5-2-3-6-17(16)20/h2-3,5-6,15H,4,7-14H2,1H3,(H,21,23). The van der Waals surface area contributed by atoms with Crippen LogP contribution in [-0.4, -0.2) is 50.1 Å². The topological polar surface area (TPSA) is 58.6 Å². The number of carbonyl (C=O) groups excluding carboxylic acids is 2. The summed E-state index contributed by atoms with van der Waals surface area (Å²) in [5.74, 6) is -0.206. The third kappa shape index (κ3) is 6.12. The normalized spacial score (nSPS) is 15.2. The van der Waals surface area contributed by atoms with E-state index in [4.69, 9.17) is 4.74 Å². The number of hydrogen-bond acceptors (Lipinski definition) is 3. The molecule has 0 bridgehead atoms. The molecule has 2 amide bonds. The summed E-state index contributed by atoms with van der Waals surface area (Å²) in [6.07, 6.45) is 3.88. The van der Waals surface area contributed by atoms with Crippen molar-refractivity contribution in [1.29, 1.82) is 0 Å². The summed E-state index contributed by atoms with van der Waals surface area (Å²) < 4.78 is 18.7. The van der Waals surface area contributed by atoms with E-state index in [1.165, 1.54) is 12.1 Å². The van der Waals surface area contributed by atoms with Gasteiger partial charge in [-0.05, 0) is 43.7 Å². The van der Waals surface area contributed by atoms with Crippen LogP contribution < -0.4 is 5.32 Å². The highest BCUT2D eigenvalue weighted by Crippen LogP contribution is 2.23. The Morgan fingerprint density at radius 2 is 2.00 bits per heavy atom. The molecule has 0 spiro atoms. The highest BCUT2D eigenvalue weighted by Gasteiger charge is 2.25. The molecule has 1 aliphatic heterocycles. The number of piperidine rings is 1. The molecule has 1 aromatic rings. The largest absolute Gasteiger partial charge is 0.385 e. The van der Waals surface area contributed by atoms with Crippen molar-refractivity contribution >= 4 is 11.8 Å². The van der Waals surface area contributed by atoms with E-state index >= 15 is 0 Å². The van der Waals surface area contributed by atoms with Gasteiger partial charge >= 0.3 is 0 Å². The van der Waals surface area contributed by atoms with Crippen LogP contribution in [0.1, 0.15) is 42.5 Å². The lowest BCUT2D eigenvalue weighted by atomic mass is 9.91. The molecule has 0 unspecified atom stereocenters. The maximum absolute atomic E-state index is 13.7. The summed E-state index contributed by atoms with van der Waals surface area (Å²) >= 11 is 0. The van der Waals surface area contributed by atoms with Gasteiger partial charge < -0.3 is 15.0 Å². The van der Waals surface area contributed by atoms with Gasteiger partial charge in [-0.15, -0.1) is 0 Å². The lowest BCUT2D eigenvalue weighted by Crippen LogP contribution is -2.39. The molecule has 0 radical (unpaired) electrons. The first-order chi connectivity index (χ1) is 12.1. The Labute approximate surface area is 148 Å². The molecule has 25 heavy (non-hydrogen) atoms. The van der Waals surface area contributed by atoms with E-state index in [1.807, 2.05) is 0 Å². The number of methoxy groups -OCH3 is 1. The number of ether oxygens (including phenoxy) is 1. The predicted molar refractivity (Wildman–Crippen MR) is 93.8 cm³/mol. The van der Waals surface area contributed by atoms with Gasteiger partial charge in [0.2, 0.25) is 5.91 Å². The lowest BCUT2D eigenvalue weighted by molar-refractivity contribution is -0.121. The fourth-order valence-electron chi connectivity index (χ4n) is 3.10. The fraction of sp³-hybridized carbons (Fsp3) is 0.579. The van der Waals surface area contributed by atoms with E-state index in [-0.39, 0.29) is 17.4 Å². The third-order valence-corrected chi connectivity index (χ3v) is 4.63. The molecule has 0 atom stereocenters. The third-order valence-electron chi connectivity index (χ3n) is 4.63. The van der Waals surface area contributed by atoms with E-state index in [1.54, 1.807) is 24.1 Å². The lowest BCUT2D eigenvalue weighted by Gasteiger charge is -2.32. The molecule has 5 nitrogen and oxygen atoms in total. The van der Waals surface area contributed by atoms with Crippen LogP contribution in [0, 0.1) is 11.7 Å². The van der Waals surface area contributed by atoms with Crippen molar-refractivity contribution in [1.82, 2.24) is 10.2 Å². The van der Waals surface area contributed by atoms with Crippen molar-refractivity contribution < 1.29 is 18.7 Å². The van der Waals surface area contributed by atoms with E-state index in [0.29, 0.717) is 38.6 Å². The van der Waals surface area contributed by atoms with Gasteiger partial charge in [0.15, 0.2) is 0 Å². The van der Waals surface area contributed by atoms with Gasteiger partial charge in [-0.2, -0.15) is 0 Å². The van der Waals surface area contributed by atoms with E-state index in [2.05, 4.69) is 5.32 Å². The van der Waals surface area contributed by atoms with Gasteiger partial charge in [0.05, 0.1) is 5.56 Å². The van der Waals surface area contributed by atoms with E-state index in [9.17, 15) is 14.0 Å². The molecule has 0 aromatic heterocycles. The SMILES string of the molecule is COCCCNC(=O)CCC1CCN(C(=O)c2ccccc2F)CC1. The van der Waals surface area contributed by atoms with Gasteiger partial charge in [-0.25, -0.2) is 4.39 Å². The Hall–Kier alpha value is -1.95. The van der Waals surface area contributed by atoms with Crippen molar-refractivity contribution in [2.45, 2.75) is 32.1 Å². The first-order valence-corrected chi connectivity index (χ1v) is 8.91. The average Bonchev–Trinajstić information content (AvgIpc) is 2.64. The van der Waals surface area contributed by atoms with Gasteiger partial charge in [0, 0.05) is 39.8 Å². The van der Waals surface area contributed by atoms with Gasteiger partial charge in [-0.1, -0.05) is 12.1 Å². The van der Waals surface area contributed by atoms with Crippen molar-refractivity contribution in [3.8, 4) is 0 Å². The Morgan fingerprint density at radius 1 is 1.28 bits per heavy atom. The summed E-state index contributed by atoms with van der Waals surface area (Å²) in [5, 5.41) is 2.89. The second-order valence-electron chi connectivity index (χ2n) is 6.45. The Morgan fingerprint density at radius 3 is 2.68 bits per heavy atom. The van der Waals surface area contributed by atoms with Gasteiger partial charge in [-0.3, -0.25) is 9.59 Å². The number of rotatable bonds is 8. The molecule has 0 saturated carbocycles. The highest BCUT2D eigenvalue weighted by atomic mass is 19.1. The average molecular weight is 350 g/mol.